The van der Waals surface area contributed by atoms with Crippen LogP contribution in [0, 0.1) is 5.82 Å². The summed E-state index contributed by atoms with van der Waals surface area (Å²) in [6, 6.07) is 24.6. The fraction of sp³-hybridized carbons (Fsp3) is 0.200. The molecule has 6 heteroatoms. The molecule has 160 valence electrons. The lowest BCUT2D eigenvalue weighted by atomic mass is 10.0. The number of rotatable bonds is 9. The van der Waals surface area contributed by atoms with Crippen LogP contribution in [-0.2, 0) is 22.6 Å². The Morgan fingerprint density at radius 1 is 0.903 bits per heavy atom. The Morgan fingerprint density at radius 3 is 2.13 bits per heavy atom. The SMILES string of the molecule is CNC(=O)[C@H](Cc1ccccc1)N(Cc1ccc(F)cc1)C(=O)CSc1ccccc1. The van der Waals surface area contributed by atoms with Gasteiger partial charge >= 0.3 is 0 Å². The van der Waals surface area contributed by atoms with Crippen molar-refractivity contribution in [3.8, 4) is 0 Å². The third-order valence-corrected chi connectivity index (χ3v) is 5.89. The second-order valence-corrected chi connectivity index (χ2v) is 8.12. The fourth-order valence-corrected chi connectivity index (χ4v) is 4.06. The Bertz CT molecular complexity index is 981. The number of amides is 2. The van der Waals surface area contributed by atoms with Crippen LogP contribution in [0.5, 0.6) is 0 Å². The molecular formula is C25H25FN2O2S. The highest BCUT2D eigenvalue weighted by atomic mass is 32.2. The number of carbonyl (C=O) groups excluding carboxylic acids is 2. The van der Waals surface area contributed by atoms with Crippen LogP contribution >= 0.6 is 11.8 Å². The monoisotopic (exact) mass is 436 g/mol. The molecule has 0 saturated carbocycles. The quantitative estimate of drug-likeness (QED) is 0.509. The van der Waals surface area contributed by atoms with E-state index < -0.39 is 6.04 Å². The summed E-state index contributed by atoms with van der Waals surface area (Å²) in [6.45, 7) is 0.222. The van der Waals surface area contributed by atoms with E-state index in [2.05, 4.69) is 5.32 Å². The van der Waals surface area contributed by atoms with E-state index in [0.29, 0.717) is 6.42 Å². The number of nitrogens with zero attached hydrogens (tertiary/aromatic N) is 1. The van der Waals surface area contributed by atoms with Crippen LogP contribution in [0.25, 0.3) is 0 Å². The molecule has 3 aromatic rings. The first-order valence-electron chi connectivity index (χ1n) is 10.0. The van der Waals surface area contributed by atoms with Gasteiger partial charge < -0.3 is 10.2 Å². The van der Waals surface area contributed by atoms with Gasteiger partial charge in [0.25, 0.3) is 0 Å². The minimum atomic E-state index is -0.679. The van der Waals surface area contributed by atoms with Gasteiger partial charge in [-0.15, -0.1) is 11.8 Å². The van der Waals surface area contributed by atoms with Gasteiger partial charge in [-0.1, -0.05) is 60.7 Å². The van der Waals surface area contributed by atoms with Crippen molar-refractivity contribution < 1.29 is 14.0 Å². The number of hydrogen-bond acceptors (Lipinski definition) is 3. The molecule has 0 radical (unpaired) electrons. The Morgan fingerprint density at radius 2 is 1.52 bits per heavy atom. The predicted octanol–water partition coefficient (Wildman–Crippen LogP) is 4.30. The van der Waals surface area contributed by atoms with Gasteiger partial charge in [-0.2, -0.15) is 0 Å². The molecule has 1 N–H and O–H groups in total. The summed E-state index contributed by atoms with van der Waals surface area (Å²) in [4.78, 5) is 28.7. The molecule has 3 rings (SSSR count). The van der Waals surface area contributed by atoms with E-state index in [1.54, 1.807) is 24.1 Å². The summed E-state index contributed by atoms with van der Waals surface area (Å²) in [6.07, 6.45) is 0.392. The van der Waals surface area contributed by atoms with Gasteiger partial charge in [0, 0.05) is 24.9 Å². The standard InChI is InChI=1S/C25H25FN2O2S/c1-27-25(30)23(16-19-8-4-2-5-9-19)28(17-20-12-14-21(26)15-13-20)24(29)18-31-22-10-6-3-7-11-22/h2-15,23H,16-18H2,1H3,(H,27,30)/t23-/m0/s1. The van der Waals surface area contributed by atoms with E-state index in [0.717, 1.165) is 16.0 Å². The van der Waals surface area contributed by atoms with Gasteiger partial charge in [0.2, 0.25) is 11.8 Å². The average molecular weight is 437 g/mol. The van der Waals surface area contributed by atoms with Gasteiger partial charge in [0.05, 0.1) is 5.75 Å². The first-order valence-corrected chi connectivity index (χ1v) is 11.0. The average Bonchev–Trinajstić information content (AvgIpc) is 2.81. The predicted molar refractivity (Wildman–Crippen MR) is 122 cm³/mol. The molecule has 0 aliphatic carbocycles. The normalized spacial score (nSPS) is 11.5. The van der Waals surface area contributed by atoms with Crippen LogP contribution in [0.1, 0.15) is 11.1 Å². The number of nitrogens with one attached hydrogen (secondary N) is 1. The van der Waals surface area contributed by atoms with Crippen molar-refractivity contribution in [3.05, 3.63) is 102 Å². The van der Waals surface area contributed by atoms with Crippen LogP contribution in [0.2, 0.25) is 0 Å². The van der Waals surface area contributed by atoms with Crippen LogP contribution in [0.3, 0.4) is 0 Å². The largest absolute Gasteiger partial charge is 0.357 e. The van der Waals surface area contributed by atoms with Crippen molar-refractivity contribution in [1.29, 1.82) is 0 Å². The van der Waals surface area contributed by atoms with Gasteiger partial charge in [0.15, 0.2) is 0 Å². The van der Waals surface area contributed by atoms with Crippen molar-refractivity contribution >= 4 is 23.6 Å². The molecule has 1 atom stereocenters. The Labute approximate surface area is 186 Å². The summed E-state index contributed by atoms with van der Waals surface area (Å²) >= 11 is 1.43. The highest BCUT2D eigenvalue weighted by Crippen LogP contribution is 2.21. The summed E-state index contributed by atoms with van der Waals surface area (Å²) < 4.78 is 13.4. The number of benzene rings is 3. The smallest absolute Gasteiger partial charge is 0.242 e. The first kappa shape index (κ1) is 22.6. The maximum atomic E-state index is 13.4. The number of carbonyl (C=O) groups is 2. The third kappa shape index (κ3) is 6.69. The molecule has 0 aliphatic heterocycles. The molecule has 0 unspecified atom stereocenters. The van der Waals surface area contributed by atoms with Crippen molar-refractivity contribution in [3.63, 3.8) is 0 Å². The van der Waals surface area contributed by atoms with Crippen molar-refractivity contribution in [1.82, 2.24) is 10.2 Å². The minimum absolute atomic E-state index is 0.150. The molecule has 0 saturated heterocycles. The van der Waals surface area contributed by atoms with Crippen LogP contribution < -0.4 is 5.32 Å². The maximum absolute atomic E-state index is 13.4. The maximum Gasteiger partial charge on any atom is 0.242 e. The van der Waals surface area contributed by atoms with Crippen LogP contribution in [0.15, 0.2) is 89.8 Å². The van der Waals surface area contributed by atoms with Crippen molar-refractivity contribution in [2.45, 2.75) is 23.9 Å². The van der Waals surface area contributed by atoms with Gasteiger partial charge in [-0.3, -0.25) is 9.59 Å². The molecule has 3 aromatic carbocycles. The van der Waals surface area contributed by atoms with Crippen LogP contribution in [-0.4, -0.2) is 35.6 Å². The minimum Gasteiger partial charge on any atom is -0.357 e. The van der Waals surface area contributed by atoms with Gasteiger partial charge in [-0.25, -0.2) is 4.39 Å². The number of halogens is 1. The number of likely N-dealkylation sites (N-methyl/N-ethyl adjacent to an activating group) is 1. The second-order valence-electron chi connectivity index (χ2n) is 7.07. The fourth-order valence-electron chi connectivity index (χ4n) is 3.25. The molecular weight excluding hydrogens is 411 g/mol. The second kappa shape index (κ2) is 11.3. The summed E-state index contributed by atoms with van der Waals surface area (Å²) in [5.41, 5.74) is 1.73. The molecule has 2 amide bonds. The Balaban J connectivity index is 1.86. The van der Waals surface area contributed by atoms with E-state index in [1.165, 1.54) is 23.9 Å². The lowest BCUT2D eigenvalue weighted by Gasteiger charge is -2.31. The molecule has 0 aromatic heterocycles. The summed E-state index contributed by atoms with van der Waals surface area (Å²) in [7, 11) is 1.57. The zero-order chi connectivity index (χ0) is 22.1. The lowest BCUT2D eigenvalue weighted by molar-refractivity contribution is -0.139. The van der Waals surface area contributed by atoms with E-state index in [9.17, 15) is 14.0 Å². The molecule has 31 heavy (non-hydrogen) atoms. The molecule has 0 aliphatic rings. The number of thioether (sulfide) groups is 1. The molecule has 0 heterocycles. The third-order valence-electron chi connectivity index (χ3n) is 4.89. The highest BCUT2D eigenvalue weighted by molar-refractivity contribution is 8.00. The topological polar surface area (TPSA) is 49.4 Å². The van der Waals surface area contributed by atoms with Crippen molar-refractivity contribution in [2.24, 2.45) is 0 Å². The Hall–Kier alpha value is -3.12. The molecule has 0 fully saturated rings. The lowest BCUT2D eigenvalue weighted by Crippen LogP contribution is -2.50. The van der Waals surface area contributed by atoms with Gasteiger partial charge in [-0.05, 0) is 35.4 Å². The van der Waals surface area contributed by atoms with Crippen molar-refractivity contribution in [2.75, 3.05) is 12.8 Å². The summed E-state index contributed by atoms with van der Waals surface area (Å²) in [5.74, 6) is -0.520. The zero-order valence-corrected chi connectivity index (χ0v) is 18.1. The molecule has 0 spiro atoms. The van der Waals surface area contributed by atoms with E-state index in [4.69, 9.17) is 0 Å². The van der Waals surface area contributed by atoms with Gasteiger partial charge in [0.1, 0.15) is 11.9 Å². The molecule has 0 bridgehead atoms. The van der Waals surface area contributed by atoms with E-state index in [-0.39, 0.29) is 29.9 Å². The number of hydrogen-bond donors (Lipinski definition) is 1. The molecule has 4 nitrogen and oxygen atoms in total. The van der Waals surface area contributed by atoms with E-state index >= 15 is 0 Å². The highest BCUT2D eigenvalue weighted by Gasteiger charge is 2.29. The Kier molecular flexibility index (Phi) is 8.24. The van der Waals surface area contributed by atoms with Crippen LogP contribution in [0.4, 0.5) is 4.39 Å². The first-order chi connectivity index (χ1) is 15.1. The summed E-state index contributed by atoms with van der Waals surface area (Å²) in [5, 5.41) is 2.69. The van der Waals surface area contributed by atoms with E-state index in [1.807, 2.05) is 60.7 Å². The zero-order valence-electron chi connectivity index (χ0n) is 17.3.